The molecule has 0 radical (unpaired) electrons. The van der Waals surface area contributed by atoms with Crippen LogP contribution in [0.1, 0.15) is 30.0 Å². The lowest BCUT2D eigenvalue weighted by atomic mass is 9.91. The Hall–Kier alpha value is -2.79. The molecule has 0 spiro atoms. The van der Waals surface area contributed by atoms with Crippen LogP contribution in [0.2, 0.25) is 5.02 Å². The molecule has 0 N–H and O–H groups in total. The summed E-state index contributed by atoms with van der Waals surface area (Å²) in [4.78, 5) is 23.9. The number of carbonyl (C=O) groups excluding carboxylic acids is 1. The van der Waals surface area contributed by atoms with Crippen LogP contribution in [0.3, 0.4) is 0 Å². The van der Waals surface area contributed by atoms with E-state index in [1.54, 1.807) is 24.5 Å². The molecule has 1 atom stereocenters. The van der Waals surface area contributed by atoms with Crippen LogP contribution < -0.4 is 0 Å². The second-order valence-electron chi connectivity index (χ2n) is 7.28. The Balaban J connectivity index is 1.53. The topological polar surface area (TPSA) is 46.1 Å². The number of rotatable bonds is 4. The van der Waals surface area contributed by atoms with Crippen molar-refractivity contribution < 1.29 is 9.18 Å². The summed E-state index contributed by atoms with van der Waals surface area (Å²) in [6, 6.07) is 13.7. The first-order valence-electron chi connectivity index (χ1n) is 9.69. The molecular formula is C23H21ClFN3O. The molecule has 0 unspecified atom stereocenters. The Kier molecular flexibility index (Phi) is 5.86. The van der Waals surface area contributed by atoms with Crippen LogP contribution in [0.25, 0.3) is 11.3 Å². The quantitative estimate of drug-likeness (QED) is 0.616. The van der Waals surface area contributed by atoms with Gasteiger partial charge in [0.1, 0.15) is 5.82 Å². The van der Waals surface area contributed by atoms with Crippen LogP contribution >= 0.6 is 11.6 Å². The zero-order chi connectivity index (χ0) is 20.2. The van der Waals surface area contributed by atoms with E-state index in [4.69, 9.17) is 11.6 Å². The zero-order valence-corrected chi connectivity index (χ0v) is 16.6. The van der Waals surface area contributed by atoms with Gasteiger partial charge in [-0.1, -0.05) is 35.9 Å². The standard InChI is InChI=1S/C23H21ClFN3O/c24-19-5-1-3-17(14-19)22-23(27-11-10-26-22)18-4-2-12-28(15-18)21(29)13-16-6-8-20(25)9-7-16/h1,3,5-11,14,18H,2,4,12-13,15H2/t18-/m1/s1. The Bertz CT molecular complexity index is 1010. The molecule has 1 aliphatic rings. The molecule has 3 aromatic rings. The van der Waals surface area contributed by atoms with Gasteiger partial charge >= 0.3 is 0 Å². The molecule has 29 heavy (non-hydrogen) atoms. The molecule has 4 rings (SSSR count). The van der Waals surface area contributed by atoms with Gasteiger partial charge in [-0.15, -0.1) is 0 Å². The van der Waals surface area contributed by atoms with Crippen LogP contribution in [-0.4, -0.2) is 33.9 Å². The Morgan fingerprint density at radius 1 is 1.14 bits per heavy atom. The number of amides is 1. The van der Waals surface area contributed by atoms with Crippen LogP contribution in [0.5, 0.6) is 0 Å². The Labute approximate surface area is 174 Å². The van der Waals surface area contributed by atoms with Crippen molar-refractivity contribution in [2.45, 2.75) is 25.2 Å². The lowest BCUT2D eigenvalue weighted by molar-refractivity contribution is -0.131. The number of piperidine rings is 1. The third-order valence-electron chi connectivity index (χ3n) is 5.25. The minimum absolute atomic E-state index is 0.0505. The second-order valence-corrected chi connectivity index (χ2v) is 7.72. The largest absolute Gasteiger partial charge is 0.342 e. The van der Waals surface area contributed by atoms with Crippen LogP contribution in [0.4, 0.5) is 4.39 Å². The highest BCUT2D eigenvalue weighted by atomic mass is 35.5. The maximum atomic E-state index is 13.1. The smallest absolute Gasteiger partial charge is 0.227 e. The van der Waals surface area contributed by atoms with Gasteiger partial charge in [-0.3, -0.25) is 14.8 Å². The molecule has 4 nitrogen and oxygen atoms in total. The maximum Gasteiger partial charge on any atom is 0.227 e. The minimum atomic E-state index is -0.296. The molecule has 0 saturated carbocycles. The molecule has 1 amide bonds. The average Bonchev–Trinajstić information content (AvgIpc) is 2.75. The highest BCUT2D eigenvalue weighted by Gasteiger charge is 2.28. The number of hydrogen-bond donors (Lipinski definition) is 0. The highest BCUT2D eigenvalue weighted by molar-refractivity contribution is 6.30. The van der Waals surface area contributed by atoms with Crippen LogP contribution in [0, 0.1) is 5.82 Å². The molecule has 2 heterocycles. The van der Waals surface area contributed by atoms with E-state index in [0.29, 0.717) is 11.6 Å². The second kappa shape index (κ2) is 8.70. The summed E-state index contributed by atoms with van der Waals surface area (Å²) < 4.78 is 13.1. The maximum absolute atomic E-state index is 13.1. The number of aromatic nitrogens is 2. The summed E-state index contributed by atoms with van der Waals surface area (Å²) in [6.45, 7) is 1.33. The third kappa shape index (κ3) is 4.62. The molecule has 1 saturated heterocycles. The van der Waals surface area contributed by atoms with Gasteiger partial charge in [-0.05, 0) is 42.7 Å². The fourth-order valence-corrected chi connectivity index (χ4v) is 4.01. The van der Waals surface area contributed by atoms with Gasteiger partial charge in [0.15, 0.2) is 0 Å². The SMILES string of the molecule is O=C(Cc1ccc(F)cc1)N1CCC[C@@H](c2nccnc2-c2cccc(Cl)c2)C1. The number of halogens is 2. The van der Waals surface area contributed by atoms with Crippen molar-refractivity contribution >= 4 is 17.5 Å². The van der Waals surface area contributed by atoms with Crippen molar-refractivity contribution in [1.29, 1.82) is 0 Å². The molecule has 0 bridgehead atoms. The zero-order valence-electron chi connectivity index (χ0n) is 15.9. The number of benzene rings is 2. The number of nitrogens with zero attached hydrogens (tertiary/aromatic N) is 3. The summed E-state index contributed by atoms with van der Waals surface area (Å²) in [5, 5.41) is 0.652. The molecule has 6 heteroatoms. The van der Waals surface area contributed by atoms with Gasteiger partial charge in [0, 0.05) is 42.0 Å². The Morgan fingerprint density at radius 2 is 1.93 bits per heavy atom. The number of hydrogen-bond acceptors (Lipinski definition) is 3. The summed E-state index contributed by atoms with van der Waals surface area (Å²) in [7, 11) is 0. The van der Waals surface area contributed by atoms with E-state index in [0.717, 1.165) is 41.9 Å². The molecule has 1 aromatic heterocycles. The van der Waals surface area contributed by atoms with Crippen molar-refractivity contribution in [3.8, 4) is 11.3 Å². The van der Waals surface area contributed by atoms with E-state index in [9.17, 15) is 9.18 Å². The highest BCUT2D eigenvalue weighted by Crippen LogP contribution is 2.32. The lowest BCUT2D eigenvalue weighted by Crippen LogP contribution is -2.40. The average molecular weight is 410 g/mol. The normalized spacial score (nSPS) is 16.6. The Morgan fingerprint density at radius 3 is 2.72 bits per heavy atom. The van der Waals surface area contributed by atoms with E-state index in [2.05, 4.69) is 9.97 Å². The first-order valence-corrected chi connectivity index (χ1v) is 10.1. The fraction of sp³-hybridized carbons (Fsp3) is 0.261. The van der Waals surface area contributed by atoms with Crippen molar-refractivity contribution in [1.82, 2.24) is 14.9 Å². The van der Waals surface area contributed by atoms with E-state index in [1.807, 2.05) is 29.2 Å². The summed E-state index contributed by atoms with van der Waals surface area (Å²) in [6.07, 6.45) is 5.51. The van der Waals surface area contributed by atoms with E-state index in [1.165, 1.54) is 12.1 Å². The van der Waals surface area contributed by atoms with E-state index in [-0.39, 0.29) is 24.1 Å². The molecule has 148 valence electrons. The molecule has 1 aliphatic heterocycles. The summed E-state index contributed by atoms with van der Waals surface area (Å²) in [5.74, 6) is -0.131. The van der Waals surface area contributed by atoms with Crippen LogP contribution in [0.15, 0.2) is 60.9 Å². The van der Waals surface area contributed by atoms with Crippen LogP contribution in [-0.2, 0) is 11.2 Å². The predicted molar refractivity (Wildman–Crippen MR) is 111 cm³/mol. The summed E-state index contributed by atoms with van der Waals surface area (Å²) in [5.41, 5.74) is 3.45. The van der Waals surface area contributed by atoms with Crippen molar-refractivity contribution in [3.63, 3.8) is 0 Å². The van der Waals surface area contributed by atoms with Gasteiger partial charge in [0.25, 0.3) is 0 Å². The monoisotopic (exact) mass is 409 g/mol. The number of likely N-dealkylation sites (tertiary alicyclic amines) is 1. The molecule has 1 fully saturated rings. The molecule has 2 aromatic carbocycles. The van der Waals surface area contributed by atoms with Crippen molar-refractivity contribution in [2.75, 3.05) is 13.1 Å². The van der Waals surface area contributed by atoms with Gasteiger partial charge in [-0.2, -0.15) is 0 Å². The summed E-state index contributed by atoms with van der Waals surface area (Å²) >= 11 is 6.16. The first kappa shape index (κ1) is 19.5. The van der Waals surface area contributed by atoms with Gasteiger partial charge < -0.3 is 4.90 Å². The van der Waals surface area contributed by atoms with E-state index >= 15 is 0 Å². The third-order valence-corrected chi connectivity index (χ3v) is 5.49. The van der Waals surface area contributed by atoms with Gasteiger partial charge in [0.2, 0.25) is 5.91 Å². The fourth-order valence-electron chi connectivity index (χ4n) is 3.82. The predicted octanol–water partition coefficient (Wildman–Crippen LogP) is 4.88. The van der Waals surface area contributed by atoms with Crippen molar-refractivity contribution in [2.24, 2.45) is 0 Å². The number of carbonyl (C=O) groups is 1. The van der Waals surface area contributed by atoms with Gasteiger partial charge in [0.05, 0.1) is 17.8 Å². The minimum Gasteiger partial charge on any atom is -0.342 e. The first-order chi connectivity index (χ1) is 14.1. The van der Waals surface area contributed by atoms with Gasteiger partial charge in [-0.25, -0.2) is 4.39 Å². The molecule has 0 aliphatic carbocycles. The molecular weight excluding hydrogens is 389 g/mol. The lowest BCUT2D eigenvalue weighted by Gasteiger charge is -2.33. The van der Waals surface area contributed by atoms with E-state index < -0.39 is 0 Å². The van der Waals surface area contributed by atoms with Crippen molar-refractivity contribution in [3.05, 3.63) is 83.0 Å².